The van der Waals surface area contributed by atoms with Crippen molar-refractivity contribution >= 4 is 17.8 Å². The molecule has 2 aromatic carbocycles. The highest BCUT2D eigenvalue weighted by Gasteiger charge is 2.42. The van der Waals surface area contributed by atoms with Crippen molar-refractivity contribution in [2.24, 2.45) is 0 Å². The zero-order chi connectivity index (χ0) is 31.0. The molecule has 4 rings (SSSR count). The number of halogens is 6. The van der Waals surface area contributed by atoms with Gasteiger partial charge in [-0.2, -0.15) is 13.9 Å². The van der Waals surface area contributed by atoms with E-state index in [9.17, 15) is 31.4 Å². The average molecular weight is 630 g/mol. The molecule has 0 bridgehead atoms. The quantitative estimate of drug-likeness (QED) is 0.188. The summed E-state index contributed by atoms with van der Waals surface area (Å²) >= 11 is 1.34. The summed E-state index contributed by atoms with van der Waals surface area (Å²) in [6.07, 6.45) is 5.07. The van der Waals surface area contributed by atoms with E-state index in [0.717, 1.165) is 12.1 Å². The van der Waals surface area contributed by atoms with Gasteiger partial charge in [-0.1, -0.05) is 43.4 Å². The number of aromatic nitrogens is 3. The van der Waals surface area contributed by atoms with Crippen LogP contribution in [-0.2, 0) is 21.6 Å². The summed E-state index contributed by atoms with van der Waals surface area (Å²) < 4.78 is 96.5. The molecule has 1 saturated heterocycles. The molecule has 232 valence electrons. The molecular formula is C29H29F6N3O4S. The van der Waals surface area contributed by atoms with E-state index in [1.165, 1.54) is 47.3 Å². The number of allylic oxidation sites excluding steroid dienone is 2. The van der Waals surface area contributed by atoms with Crippen LogP contribution >= 0.6 is 11.8 Å². The lowest BCUT2D eigenvalue weighted by Crippen LogP contribution is -2.43. The van der Waals surface area contributed by atoms with Gasteiger partial charge in [0.25, 0.3) is 0 Å². The Kier molecular flexibility index (Phi) is 10.9. The molecule has 2 heterocycles. The van der Waals surface area contributed by atoms with Gasteiger partial charge >= 0.3 is 12.3 Å². The Morgan fingerprint density at radius 1 is 1.12 bits per heavy atom. The Balaban J connectivity index is 1.28. The maximum absolute atomic E-state index is 14.8. The van der Waals surface area contributed by atoms with Gasteiger partial charge in [0.15, 0.2) is 12.9 Å². The Hall–Kier alpha value is -3.33. The Morgan fingerprint density at radius 2 is 1.84 bits per heavy atom. The molecule has 1 aliphatic rings. The fourth-order valence-corrected chi connectivity index (χ4v) is 5.48. The Labute approximate surface area is 248 Å². The zero-order valence-electron chi connectivity index (χ0n) is 22.8. The number of rotatable bonds is 13. The molecule has 0 spiro atoms. The summed E-state index contributed by atoms with van der Waals surface area (Å²) in [4.78, 5) is 3.87. The second-order valence-electron chi connectivity index (χ2n) is 9.74. The average Bonchev–Trinajstić information content (AvgIpc) is 3.48. The summed E-state index contributed by atoms with van der Waals surface area (Å²) in [7, 11) is 0. The second-order valence-corrected chi connectivity index (χ2v) is 11.4. The van der Waals surface area contributed by atoms with E-state index in [1.807, 2.05) is 0 Å². The van der Waals surface area contributed by atoms with E-state index in [0.29, 0.717) is 5.56 Å². The highest BCUT2D eigenvalue weighted by atomic mass is 32.2. The van der Waals surface area contributed by atoms with Crippen molar-refractivity contribution < 1.29 is 45.7 Å². The third-order valence-corrected chi connectivity index (χ3v) is 7.98. The van der Waals surface area contributed by atoms with Gasteiger partial charge in [-0.15, -0.1) is 11.8 Å². The van der Waals surface area contributed by atoms with Crippen LogP contribution in [0.1, 0.15) is 18.1 Å². The molecule has 0 amide bonds. The third-order valence-electron chi connectivity index (χ3n) is 6.53. The molecule has 7 nitrogen and oxygen atoms in total. The first-order valence-electron chi connectivity index (χ1n) is 13.1. The normalized spacial score (nSPS) is 20.1. The van der Waals surface area contributed by atoms with Gasteiger partial charge in [0.05, 0.1) is 25.0 Å². The molecule has 2 unspecified atom stereocenters. The number of nitrogens with zero attached hydrogens (tertiary/aromatic N) is 3. The van der Waals surface area contributed by atoms with E-state index in [1.54, 1.807) is 43.4 Å². The molecule has 1 aliphatic heterocycles. The first-order valence-corrected chi connectivity index (χ1v) is 14.0. The summed E-state index contributed by atoms with van der Waals surface area (Å²) in [5.41, 5.74) is -1.10. The molecule has 2 atom stereocenters. The van der Waals surface area contributed by atoms with Gasteiger partial charge in [-0.25, -0.2) is 27.2 Å². The minimum absolute atomic E-state index is 0.0402. The van der Waals surface area contributed by atoms with Crippen molar-refractivity contribution in [1.82, 2.24) is 14.8 Å². The standard InChI is InChI=1S/C29H29F6N3O4S/c1-19(28(39,15-38-18-36-17-37-38)24-11-8-21(30)12-25(24)31)43-23-13-40-26(41-14-23)5-3-2-4-20-6-9-22(10-7-20)42-16-29(34,35)27(32)33/h2-12,17-19,23,26-27,39H,13-16H2,1H3. The number of hydrogen-bond acceptors (Lipinski definition) is 7. The van der Waals surface area contributed by atoms with Crippen molar-refractivity contribution in [3.05, 3.63) is 96.1 Å². The molecule has 1 aromatic heterocycles. The molecule has 14 heteroatoms. The lowest BCUT2D eigenvalue weighted by Gasteiger charge is -2.37. The molecule has 0 aliphatic carbocycles. The first-order chi connectivity index (χ1) is 20.5. The van der Waals surface area contributed by atoms with Crippen LogP contribution in [-0.4, -0.2) is 68.8 Å². The van der Waals surface area contributed by atoms with Gasteiger partial charge in [0.1, 0.15) is 35.6 Å². The van der Waals surface area contributed by atoms with Crippen LogP contribution in [0.2, 0.25) is 0 Å². The van der Waals surface area contributed by atoms with Crippen molar-refractivity contribution in [1.29, 1.82) is 0 Å². The fraction of sp³-hybridized carbons (Fsp3) is 0.379. The molecule has 1 N–H and O–H groups in total. The minimum atomic E-state index is -4.23. The summed E-state index contributed by atoms with van der Waals surface area (Å²) in [6, 6.07) is 9.00. The van der Waals surface area contributed by atoms with Gasteiger partial charge in [-0.05, 0) is 29.8 Å². The number of thioether (sulfide) groups is 1. The van der Waals surface area contributed by atoms with Crippen LogP contribution in [0.15, 0.2) is 73.3 Å². The fourth-order valence-electron chi connectivity index (χ4n) is 4.17. The van der Waals surface area contributed by atoms with Crippen LogP contribution in [0.25, 0.3) is 6.08 Å². The lowest BCUT2D eigenvalue weighted by atomic mass is 9.90. The Morgan fingerprint density at radius 3 is 2.47 bits per heavy atom. The number of ether oxygens (including phenoxy) is 3. The number of hydrogen-bond donors (Lipinski definition) is 1. The largest absolute Gasteiger partial charge is 0.487 e. The third kappa shape index (κ3) is 8.85. The maximum Gasteiger partial charge on any atom is 0.340 e. The van der Waals surface area contributed by atoms with Crippen LogP contribution in [0.4, 0.5) is 26.3 Å². The highest BCUT2D eigenvalue weighted by molar-refractivity contribution is 8.00. The van der Waals surface area contributed by atoms with Crippen molar-refractivity contribution in [2.75, 3.05) is 19.8 Å². The van der Waals surface area contributed by atoms with Gasteiger partial charge in [0, 0.05) is 16.9 Å². The van der Waals surface area contributed by atoms with Crippen molar-refractivity contribution in [3.63, 3.8) is 0 Å². The van der Waals surface area contributed by atoms with Gasteiger partial charge in [0.2, 0.25) is 0 Å². The molecule has 0 saturated carbocycles. The monoisotopic (exact) mass is 629 g/mol. The Bertz CT molecular complexity index is 1370. The summed E-state index contributed by atoms with van der Waals surface area (Å²) in [5, 5.41) is 14.9. The van der Waals surface area contributed by atoms with E-state index in [2.05, 4.69) is 10.1 Å². The van der Waals surface area contributed by atoms with Crippen LogP contribution in [0.3, 0.4) is 0 Å². The molecule has 1 fully saturated rings. The highest BCUT2D eigenvalue weighted by Crippen LogP contribution is 2.38. The lowest BCUT2D eigenvalue weighted by molar-refractivity contribution is -0.148. The molecular weight excluding hydrogens is 600 g/mol. The maximum atomic E-state index is 14.8. The van der Waals surface area contributed by atoms with Gasteiger partial charge < -0.3 is 19.3 Å². The smallest absolute Gasteiger partial charge is 0.340 e. The van der Waals surface area contributed by atoms with Crippen molar-refractivity contribution in [3.8, 4) is 5.75 Å². The number of aliphatic hydroxyl groups is 1. The van der Waals surface area contributed by atoms with E-state index >= 15 is 0 Å². The number of benzene rings is 2. The van der Waals surface area contributed by atoms with Crippen LogP contribution in [0.5, 0.6) is 5.75 Å². The van der Waals surface area contributed by atoms with E-state index < -0.39 is 47.7 Å². The van der Waals surface area contributed by atoms with E-state index in [4.69, 9.17) is 14.2 Å². The molecule has 0 radical (unpaired) electrons. The second kappa shape index (κ2) is 14.4. The first kappa shape index (κ1) is 32.6. The minimum Gasteiger partial charge on any atom is -0.487 e. The SMILES string of the molecule is CC(SC1COC(C=CC=Cc2ccc(OCC(F)(F)C(F)F)cc2)OC1)C(O)(Cn1cncn1)c1ccc(F)cc1F. The summed E-state index contributed by atoms with van der Waals surface area (Å²) in [5.74, 6) is -5.81. The predicted molar refractivity (Wildman–Crippen MR) is 148 cm³/mol. The summed E-state index contributed by atoms with van der Waals surface area (Å²) in [6.45, 7) is 0.772. The molecule has 3 aromatic rings. The topological polar surface area (TPSA) is 78.6 Å². The van der Waals surface area contributed by atoms with Crippen molar-refractivity contribution in [2.45, 2.75) is 48.2 Å². The molecule has 43 heavy (non-hydrogen) atoms. The van der Waals surface area contributed by atoms with Crippen LogP contribution < -0.4 is 4.74 Å². The van der Waals surface area contributed by atoms with Crippen LogP contribution in [0, 0.1) is 11.6 Å². The zero-order valence-corrected chi connectivity index (χ0v) is 23.6. The van der Waals surface area contributed by atoms with Gasteiger partial charge in [-0.3, -0.25) is 0 Å². The number of alkyl halides is 4. The predicted octanol–water partition coefficient (Wildman–Crippen LogP) is 5.86. The van der Waals surface area contributed by atoms with E-state index in [-0.39, 0.29) is 36.3 Å².